The lowest BCUT2D eigenvalue weighted by molar-refractivity contribution is 0.108. The molecule has 40 heavy (non-hydrogen) atoms. The molecule has 10 nitrogen and oxygen atoms in total. The third-order valence-electron chi connectivity index (χ3n) is 6.49. The van der Waals surface area contributed by atoms with Crippen molar-refractivity contribution in [2.45, 2.75) is 46.9 Å². The number of pyridine rings is 1. The van der Waals surface area contributed by atoms with E-state index in [-0.39, 0.29) is 18.1 Å². The van der Waals surface area contributed by atoms with E-state index in [1.807, 2.05) is 26.0 Å². The SMILES string of the molecule is CCOc1ccc2c(n1)CN(c1nc(-c3cc(OC[C@H](O)CNC)ccc3Cl)nc(/C(C(C)=N)=C(\C)O)c1C)C2. The van der Waals surface area contributed by atoms with Crippen molar-refractivity contribution in [1.29, 1.82) is 5.41 Å². The van der Waals surface area contributed by atoms with Crippen LogP contribution in [-0.2, 0) is 13.1 Å². The molecule has 0 saturated heterocycles. The number of ether oxygens (including phenoxy) is 2. The molecule has 1 aromatic carbocycles. The number of nitrogens with zero attached hydrogens (tertiary/aromatic N) is 4. The lowest BCUT2D eigenvalue weighted by atomic mass is 10.0. The molecule has 4 N–H and O–H groups in total. The van der Waals surface area contributed by atoms with Gasteiger partial charge in [-0.2, -0.15) is 0 Å². The zero-order valence-electron chi connectivity index (χ0n) is 23.4. The number of hydrogen-bond donors (Lipinski definition) is 4. The second-order valence-corrected chi connectivity index (χ2v) is 10.0. The zero-order valence-corrected chi connectivity index (χ0v) is 24.1. The maximum absolute atomic E-state index is 10.5. The third kappa shape index (κ3) is 6.35. The van der Waals surface area contributed by atoms with Gasteiger partial charge in [0.25, 0.3) is 0 Å². The summed E-state index contributed by atoms with van der Waals surface area (Å²) in [6.45, 7) is 9.06. The number of halogens is 1. The topological polar surface area (TPSA) is 137 Å². The summed E-state index contributed by atoms with van der Waals surface area (Å²) in [7, 11) is 1.76. The fraction of sp³-hybridized carbons (Fsp3) is 0.379. The molecule has 3 heterocycles. The van der Waals surface area contributed by atoms with Crippen LogP contribution in [-0.4, -0.2) is 63.8 Å². The Bertz CT molecular complexity index is 1440. The molecule has 3 aromatic rings. The molecule has 0 fully saturated rings. The van der Waals surface area contributed by atoms with Crippen molar-refractivity contribution in [3.8, 4) is 23.0 Å². The number of hydrogen-bond acceptors (Lipinski definition) is 10. The van der Waals surface area contributed by atoms with Crippen molar-refractivity contribution in [1.82, 2.24) is 20.3 Å². The minimum Gasteiger partial charge on any atom is -0.512 e. The third-order valence-corrected chi connectivity index (χ3v) is 6.82. The number of likely N-dealkylation sites (N-methyl/N-ethyl adjacent to an activating group) is 1. The number of rotatable bonds is 11. The highest BCUT2D eigenvalue weighted by molar-refractivity contribution is 6.33. The van der Waals surface area contributed by atoms with Gasteiger partial charge >= 0.3 is 0 Å². The van der Waals surface area contributed by atoms with E-state index in [1.54, 1.807) is 32.2 Å². The number of aromatic nitrogens is 3. The molecule has 2 aromatic heterocycles. The number of fused-ring (bicyclic) bond motifs is 1. The van der Waals surface area contributed by atoms with Crippen LogP contribution in [0.25, 0.3) is 17.0 Å². The van der Waals surface area contributed by atoms with Gasteiger partial charge in [0, 0.05) is 36.0 Å². The lowest BCUT2D eigenvalue weighted by Gasteiger charge is -2.22. The largest absolute Gasteiger partial charge is 0.512 e. The molecule has 0 aliphatic carbocycles. The molecular formula is C29H35ClN6O4. The Balaban J connectivity index is 1.80. The van der Waals surface area contributed by atoms with Gasteiger partial charge in [-0.15, -0.1) is 0 Å². The Morgan fingerprint density at radius 1 is 1.15 bits per heavy atom. The van der Waals surface area contributed by atoms with Crippen LogP contribution >= 0.6 is 11.6 Å². The Morgan fingerprint density at radius 3 is 2.60 bits per heavy atom. The first-order valence-corrected chi connectivity index (χ1v) is 13.5. The number of allylic oxidation sites excluding steroid dienone is 2. The summed E-state index contributed by atoms with van der Waals surface area (Å²) in [5, 5.41) is 32.3. The summed E-state index contributed by atoms with van der Waals surface area (Å²) in [6.07, 6.45) is -0.678. The summed E-state index contributed by atoms with van der Waals surface area (Å²) < 4.78 is 11.4. The lowest BCUT2D eigenvalue weighted by Crippen LogP contribution is -2.29. The van der Waals surface area contributed by atoms with Crippen molar-refractivity contribution < 1.29 is 19.7 Å². The first-order chi connectivity index (χ1) is 19.1. The van der Waals surface area contributed by atoms with Gasteiger partial charge in [-0.1, -0.05) is 11.6 Å². The van der Waals surface area contributed by atoms with Crippen molar-refractivity contribution in [3.05, 3.63) is 63.6 Å². The minimum atomic E-state index is -0.678. The maximum Gasteiger partial charge on any atom is 0.213 e. The zero-order chi connectivity index (χ0) is 29.0. The molecule has 212 valence electrons. The molecule has 1 aliphatic rings. The van der Waals surface area contributed by atoms with Gasteiger partial charge in [0.05, 0.1) is 35.1 Å². The minimum absolute atomic E-state index is 0.0133. The van der Waals surface area contributed by atoms with E-state index in [0.29, 0.717) is 71.4 Å². The fourth-order valence-electron chi connectivity index (χ4n) is 4.66. The number of aliphatic hydroxyl groups is 2. The number of aliphatic hydroxyl groups excluding tert-OH is 2. The summed E-state index contributed by atoms with van der Waals surface area (Å²) in [4.78, 5) is 16.5. The van der Waals surface area contributed by atoms with Gasteiger partial charge in [-0.25, -0.2) is 15.0 Å². The Labute approximate surface area is 239 Å². The van der Waals surface area contributed by atoms with Gasteiger partial charge < -0.3 is 35.3 Å². The van der Waals surface area contributed by atoms with E-state index in [4.69, 9.17) is 36.5 Å². The van der Waals surface area contributed by atoms with Crippen LogP contribution in [0.3, 0.4) is 0 Å². The first-order valence-electron chi connectivity index (χ1n) is 13.1. The molecule has 0 radical (unpaired) electrons. The van der Waals surface area contributed by atoms with Gasteiger partial charge in [0.1, 0.15) is 30.0 Å². The van der Waals surface area contributed by atoms with Crippen LogP contribution < -0.4 is 19.7 Å². The smallest absolute Gasteiger partial charge is 0.213 e. The quantitative estimate of drug-likeness (QED) is 0.192. The molecule has 0 bridgehead atoms. The molecule has 4 rings (SSSR count). The highest BCUT2D eigenvalue weighted by atomic mass is 35.5. The highest BCUT2D eigenvalue weighted by Crippen LogP contribution is 2.37. The monoisotopic (exact) mass is 566 g/mol. The summed E-state index contributed by atoms with van der Waals surface area (Å²) in [5.41, 5.74) is 4.15. The highest BCUT2D eigenvalue weighted by Gasteiger charge is 2.28. The van der Waals surface area contributed by atoms with E-state index in [1.165, 1.54) is 6.92 Å². The van der Waals surface area contributed by atoms with E-state index in [0.717, 1.165) is 16.8 Å². The summed E-state index contributed by atoms with van der Waals surface area (Å²) in [6, 6.07) is 9.02. The predicted octanol–water partition coefficient (Wildman–Crippen LogP) is 4.71. The average Bonchev–Trinajstić information content (AvgIpc) is 3.32. The first kappa shape index (κ1) is 29.3. The molecule has 0 spiro atoms. The summed E-state index contributed by atoms with van der Waals surface area (Å²) >= 11 is 6.64. The predicted molar refractivity (Wildman–Crippen MR) is 157 cm³/mol. The molecule has 0 amide bonds. The molecular weight excluding hydrogens is 532 g/mol. The average molecular weight is 567 g/mol. The second-order valence-electron chi connectivity index (χ2n) is 9.64. The van der Waals surface area contributed by atoms with E-state index >= 15 is 0 Å². The van der Waals surface area contributed by atoms with Crippen LogP contribution in [0.1, 0.15) is 43.3 Å². The van der Waals surface area contributed by atoms with E-state index in [9.17, 15) is 10.2 Å². The van der Waals surface area contributed by atoms with E-state index in [2.05, 4.69) is 15.2 Å². The molecule has 1 aliphatic heterocycles. The van der Waals surface area contributed by atoms with Crippen LogP contribution in [0.5, 0.6) is 11.6 Å². The van der Waals surface area contributed by atoms with Gasteiger partial charge in [-0.05, 0) is 64.6 Å². The van der Waals surface area contributed by atoms with Crippen LogP contribution in [0.2, 0.25) is 5.02 Å². The Morgan fingerprint density at radius 2 is 1.93 bits per heavy atom. The number of nitrogens with one attached hydrogen (secondary N) is 2. The molecule has 0 saturated carbocycles. The Kier molecular flexibility index (Phi) is 9.24. The van der Waals surface area contributed by atoms with Gasteiger partial charge in [-0.3, -0.25) is 0 Å². The van der Waals surface area contributed by atoms with Crippen molar-refractivity contribution >= 4 is 28.7 Å². The summed E-state index contributed by atoms with van der Waals surface area (Å²) in [5.74, 6) is 2.03. The molecule has 1 atom stereocenters. The fourth-order valence-corrected chi connectivity index (χ4v) is 4.86. The normalized spacial score (nSPS) is 14.0. The van der Waals surface area contributed by atoms with Crippen LogP contribution in [0.4, 0.5) is 5.82 Å². The number of benzene rings is 1. The molecule has 11 heteroatoms. The van der Waals surface area contributed by atoms with Crippen molar-refractivity contribution in [2.75, 3.05) is 31.7 Å². The number of anilines is 1. The van der Waals surface area contributed by atoms with Gasteiger partial charge in [0.15, 0.2) is 5.82 Å². The second kappa shape index (κ2) is 12.6. The van der Waals surface area contributed by atoms with E-state index < -0.39 is 6.10 Å². The van der Waals surface area contributed by atoms with Crippen LogP contribution in [0.15, 0.2) is 36.1 Å². The van der Waals surface area contributed by atoms with Crippen LogP contribution in [0, 0.1) is 12.3 Å². The molecule has 0 unspecified atom stereocenters. The standard InChI is InChI=1S/C29H35ClN6O4/c1-6-39-25-10-7-19-13-36(14-24(19)33-25)29-16(2)27(26(17(3)31)18(4)37)34-28(35-29)22-11-21(8-9-23(22)30)40-15-20(38)12-32-5/h7-11,20,31-32,37-38H,6,12-15H2,1-5H3/b26-18+,31-17?/t20-/m1/s1. The van der Waals surface area contributed by atoms with Crippen molar-refractivity contribution in [2.24, 2.45) is 0 Å². The Hall–Kier alpha value is -3.73. The van der Waals surface area contributed by atoms with Gasteiger partial charge in [0.2, 0.25) is 5.88 Å². The van der Waals surface area contributed by atoms with Crippen molar-refractivity contribution in [3.63, 3.8) is 0 Å². The maximum atomic E-state index is 10.5.